The van der Waals surface area contributed by atoms with E-state index in [1.54, 1.807) is 18.1 Å². The Hall–Kier alpha value is -1.55. The molecule has 1 N–H and O–H groups in total. The van der Waals surface area contributed by atoms with Crippen LogP contribution < -0.4 is 5.32 Å². The number of nitrogens with one attached hydrogen (secondary N) is 1. The number of anilines is 1. The first kappa shape index (κ1) is 14.9. The number of hydrogen-bond donors (Lipinski definition) is 1. The normalized spacial score (nSPS) is 10.8. The lowest BCUT2D eigenvalue weighted by Gasteiger charge is -2.11. The summed E-state index contributed by atoms with van der Waals surface area (Å²) in [4.78, 5) is 9.91. The second-order valence-electron chi connectivity index (χ2n) is 4.94. The van der Waals surface area contributed by atoms with Gasteiger partial charge in [-0.15, -0.1) is 0 Å². The lowest BCUT2D eigenvalue weighted by Crippen LogP contribution is -2.01. The van der Waals surface area contributed by atoms with Gasteiger partial charge in [0.1, 0.15) is 17.2 Å². The smallest absolute Gasteiger partial charge is 0.133 e. The van der Waals surface area contributed by atoms with Gasteiger partial charge in [-0.05, 0) is 30.0 Å². The summed E-state index contributed by atoms with van der Waals surface area (Å²) in [5.41, 5.74) is 2.54. The maximum Gasteiger partial charge on any atom is 0.133 e. The SMILES string of the molecule is CCc1c(NC)ncnc1Sc1ccc(C(C)C)cc1. The minimum Gasteiger partial charge on any atom is -0.373 e. The van der Waals surface area contributed by atoms with Gasteiger partial charge in [0, 0.05) is 17.5 Å². The molecule has 0 amide bonds. The summed E-state index contributed by atoms with van der Waals surface area (Å²) in [5.74, 6) is 1.49. The van der Waals surface area contributed by atoms with E-state index in [1.165, 1.54) is 16.0 Å². The van der Waals surface area contributed by atoms with Gasteiger partial charge in [0.05, 0.1) is 0 Å². The van der Waals surface area contributed by atoms with Crippen LogP contribution in [0.4, 0.5) is 5.82 Å². The molecule has 0 unspecified atom stereocenters. The van der Waals surface area contributed by atoms with Crippen molar-refractivity contribution in [1.82, 2.24) is 9.97 Å². The summed E-state index contributed by atoms with van der Waals surface area (Å²) < 4.78 is 0. The number of hydrogen-bond acceptors (Lipinski definition) is 4. The fraction of sp³-hybridized carbons (Fsp3) is 0.375. The van der Waals surface area contributed by atoms with Crippen LogP contribution in [0, 0.1) is 0 Å². The molecule has 2 aromatic rings. The van der Waals surface area contributed by atoms with Crippen LogP contribution in [-0.4, -0.2) is 17.0 Å². The Morgan fingerprint density at radius 2 is 1.85 bits per heavy atom. The van der Waals surface area contributed by atoms with Crippen LogP contribution in [0.3, 0.4) is 0 Å². The topological polar surface area (TPSA) is 37.8 Å². The molecule has 20 heavy (non-hydrogen) atoms. The van der Waals surface area contributed by atoms with Crippen LogP contribution in [0.5, 0.6) is 0 Å². The van der Waals surface area contributed by atoms with Gasteiger partial charge in [0.25, 0.3) is 0 Å². The van der Waals surface area contributed by atoms with E-state index in [-0.39, 0.29) is 0 Å². The summed E-state index contributed by atoms with van der Waals surface area (Å²) in [5, 5.41) is 4.16. The molecule has 0 aliphatic rings. The molecule has 2 rings (SSSR count). The molecule has 1 aromatic heterocycles. The second-order valence-corrected chi connectivity index (χ2v) is 6.00. The molecular formula is C16H21N3S. The quantitative estimate of drug-likeness (QED) is 0.829. The lowest BCUT2D eigenvalue weighted by atomic mass is 10.0. The van der Waals surface area contributed by atoms with E-state index < -0.39 is 0 Å². The van der Waals surface area contributed by atoms with E-state index in [0.29, 0.717) is 5.92 Å². The Labute approximate surface area is 125 Å². The summed E-state index contributed by atoms with van der Waals surface area (Å²) >= 11 is 1.70. The van der Waals surface area contributed by atoms with Crippen molar-refractivity contribution in [3.8, 4) is 0 Å². The van der Waals surface area contributed by atoms with Gasteiger partial charge in [-0.2, -0.15) is 0 Å². The Morgan fingerprint density at radius 1 is 1.15 bits per heavy atom. The molecule has 0 saturated heterocycles. The molecule has 0 spiro atoms. The highest BCUT2D eigenvalue weighted by atomic mass is 32.2. The van der Waals surface area contributed by atoms with Gasteiger partial charge >= 0.3 is 0 Å². The van der Waals surface area contributed by atoms with Crippen molar-refractivity contribution in [1.29, 1.82) is 0 Å². The van der Waals surface area contributed by atoms with Crippen LogP contribution >= 0.6 is 11.8 Å². The molecule has 4 heteroatoms. The highest BCUT2D eigenvalue weighted by Crippen LogP contribution is 2.32. The largest absolute Gasteiger partial charge is 0.373 e. The number of nitrogens with zero attached hydrogens (tertiary/aromatic N) is 2. The van der Waals surface area contributed by atoms with Crippen LogP contribution in [0.25, 0.3) is 0 Å². The molecule has 3 nitrogen and oxygen atoms in total. The molecule has 1 heterocycles. The van der Waals surface area contributed by atoms with Crippen molar-refractivity contribution in [2.45, 2.75) is 43.0 Å². The van der Waals surface area contributed by atoms with Crippen molar-refractivity contribution in [3.63, 3.8) is 0 Å². The highest BCUT2D eigenvalue weighted by Gasteiger charge is 2.10. The highest BCUT2D eigenvalue weighted by molar-refractivity contribution is 7.99. The maximum atomic E-state index is 4.42. The fourth-order valence-corrected chi connectivity index (χ4v) is 3.01. The molecular weight excluding hydrogens is 266 g/mol. The molecule has 0 saturated carbocycles. The molecule has 0 fully saturated rings. The van der Waals surface area contributed by atoms with Gasteiger partial charge in [0.2, 0.25) is 0 Å². The third-order valence-corrected chi connectivity index (χ3v) is 4.31. The standard InChI is InChI=1S/C16H21N3S/c1-5-14-15(17-4)18-10-19-16(14)20-13-8-6-12(7-9-13)11(2)3/h6-11H,5H2,1-4H3,(H,17,18,19). The minimum atomic E-state index is 0.565. The third kappa shape index (κ3) is 3.31. The van der Waals surface area contributed by atoms with E-state index in [1.807, 2.05) is 7.05 Å². The van der Waals surface area contributed by atoms with Crippen molar-refractivity contribution < 1.29 is 0 Å². The summed E-state index contributed by atoms with van der Waals surface area (Å²) in [6, 6.07) is 8.72. The first-order valence-electron chi connectivity index (χ1n) is 6.95. The fourth-order valence-electron chi connectivity index (χ4n) is 2.05. The Kier molecular flexibility index (Phi) is 5.01. The van der Waals surface area contributed by atoms with E-state index in [2.05, 4.69) is 60.3 Å². The Balaban J connectivity index is 2.25. The maximum absolute atomic E-state index is 4.42. The average Bonchev–Trinajstić information content (AvgIpc) is 2.47. The predicted octanol–water partition coefficient (Wildman–Crippen LogP) is 4.36. The van der Waals surface area contributed by atoms with Crippen molar-refractivity contribution >= 4 is 17.6 Å². The average molecular weight is 287 g/mol. The van der Waals surface area contributed by atoms with Crippen molar-refractivity contribution in [2.24, 2.45) is 0 Å². The molecule has 0 bridgehead atoms. The van der Waals surface area contributed by atoms with E-state index >= 15 is 0 Å². The van der Waals surface area contributed by atoms with Crippen LogP contribution in [0.2, 0.25) is 0 Å². The predicted molar refractivity (Wildman–Crippen MR) is 85.6 cm³/mol. The molecule has 0 aliphatic carbocycles. The minimum absolute atomic E-state index is 0.565. The van der Waals surface area contributed by atoms with E-state index in [4.69, 9.17) is 0 Å². The van der Waals surface area contributed by atoms with Gasteiger partial charge in [-0.3, -0.25) is 0 Å². The first-order valence-corrected chi connectivity index (χ1v) is 7.76. The monoisotopic (exact) mass is 287 g/mol. The zero-order chi connectivity index (χ0) is 14.5. The summed E-state index contributed by atoms with van der Waals surface area (Å²) in [6.07, 6.45) is 2.54. The Morgan fingerprint density at radius 3 is 2.40 bits per heavy atom. The lowest BCUT2D eigenvalue weighted by molar-refractivity contribution is 0.864. The van der Waals surface area contributed by atoms with Crippen LogP contribution in [0.15, 0.2) is 40.5 Å². The van der Waals surface area contributed by atoms with Gasteiger partial charge in [-0.25, -0.2) is 9.97 Å². The van der Waals surface area contributed by atoms with Gasteiger partial charge in [0.15, 0.2) is 0 Å². The van der Waals surface area contributed by atoms with Crippen LogP contribution in [0.1, 0.15) is 37.8 Å². The number of benzene rings is 1. The van der Waals surface area contributed by atoms with Crippen molar-refractivity contribution in [3.05, 3.63) is 41.7 Å². The summed E-state index contributed by atoms with van der Waals surface area (Å²) in [7, 11) is 1.90. The zero-order valence-corrected chi connectivity index (χ0v) is 13.3. The van der Waals surface area contributed by atoms with Gasteiger partial charge in [-0.1, -0.05) is 44.7 Å². The second kappa shape index (κ2) is 6.75. The van der Waals surface area contributed by atoms with E-state index in [0.717, 1.165) is 17.3 Å². The van der Waals surface area contributed by atoms with E-state index in [9.17, 15) is 0 Å². The Bertz CT molecular complexity index is 564. The first-order chi connectivity index (χ1) is 9.65. The number of aromatic nitrogens is 2. The number of rotatable bonds is 5. The van der Waals surface area contributed by atoms with Crippen LogP contribution in [-0.2, 0) is 6.42 Å². The molecule has 0 atom stereocenters. The molecule has 0 radical (unpaired) electrons. The zero-order valence-electron chi connectivity index (χ0n) is 12.5. The third-order valence-electron chi connectivity index (χ3n) is 3.26. The molecule has 1 aromatic carbocycles. The van der Waals surface area contributed by atoms with Crippen molar-refractivity contribution in [2.75, 3.05) is 12.4 Å². The summed E-state index contributed by atoms with van der Waals surface area (Å²) in [6.45, 7) is 6.55. The van der Waals surface area contributed by atoms with Gasteiger partial charge < -0.3 is 5.32 Å². The molecule has 106 valence electrons. The molecule has 0 aliphatic heterocycles.